The molecule has 2 rings (SSSR count). The molecule has 0 aromatic heterocycles. The second-order valence-electron chi connectivity index (χ2n) is 4.41. The Labute approximate surface area is 74.6 Å². The van der Waals surface area contributed by atoms with Crippen molar-refractivity contribution in [2.45, 2.75) is 32.2 Å². The van der Waals surface area contributed by atoms with Crippen LogP contribution in [-0.4, -0.2) is 35.7 Å². The molecule has 2 aliphatic rings. The molecular formula is C10H19NO. The molecule has 70 valence electrons. The minimum Gasteiger partial charge on any atom is -0.395 e. The van der Waals surface area contributed by atoms with Crippen LogP contribution in [0.1, 0.15) is 26.2 Å². The van der Waals surface area contributed by atoms with E-state index in [1.807, 2.05) is 0 Å². The van der Waals surface area contributed by atoms with E-state index in [2.05, 4.69) is 11.8 Å². The Balaban J connectivity index is 1.80. The van der Waals surface area contributed by atoms with E-state index in [1.54, 1.807) is 0 Å². The van der Waals surface area contributed by atoms with E-state index < -0.39 is 0 Å². The first-order valence-corrected chi connectivity index (χ1v) is 5.16. The van der Waals surface area contributed by atoms with Crippen molar-refractivity contribution in [2.24, 2.45) is 11.8 Å². The third-order valence-corrected chi connectivity index (χ3v) is 3.43. The van der Waals surface area contributed by atoms with Gasteiger partial charge in [0.1, 0.15) is 0 Å². The van der Waals surface area contributed by atoms with Gasteiger partial charge in [0, 0.05) is 12.6 Å². The highest BCUT2D eigenvalue weighted by atomic mass is 16.3. The SMILES string of the molecule is CC(CO)N1CCC(C2CC2)C1. The molecule has 2 nitrogen and oxygen atoms in total. The molecule has 1 aliphatic heterocycles. The minimum atomic E-state index is 0.317. The predicted octanol–water partition coefficient (Wildman–Crippen LogP) is 1.10. The Kier molecular flexibility index (Phi) is 2.37. The molecule has 1 heterocycles. The molecule has 2 unspecified atom stereocenters. The van der Waals surface area contributed by atoms with Crippen molar-refractivity contribution in [1.29, 1.82) is 0 Å². The van der Waals surface area contributed by atoms with Crippen LogP contribution in [0.15, 0.2) is 0 Å². The van der Waals surface area contributed by atoms with Crippen molar-refractivity contribution in [3.05, 3.63) is 0 Å². The monoisotopic (exact) mass is 169 g/mol. The largest absolute Gasteiger partial charge is 0.395 e. The van der Waals surface area contributed by atoms with Crippen LogP contribution in [0.3, 0.4) is 0 Å². The van der Waals surface area contributed by atoms with E-state index in [0.717, 1.165) is 11.8 Å². The molecule has 2 atom stereocenters. The quantitative estimate of drug-likeness (QED) is 0.684. The number of aliphatic hydroxyl groups excluding tert-OH is 1. The summed E-state index contributed by atoms with van der Waals surface area (Å²) < 4.78 is 0. The molecule has 0 amide bonds. The van der Waals surface area contributed by atoms with E-state index in [4.69, 9.17) is 5.11 Å². The summed E-state index contributed by atoms with van der Waals surface area (Å²) in [5.41, 5.74) is 0. The maximum Gasteiger partial charge on any atom is 0.0584 e. The number of likely N-dealkylation sites (tertiary alicyclic amines) is 1. The molecule has 0 aromatic rings. The molecule has 12 heavy (non-hydrogen) atoms. The van der Waals surface area contributed by atoms with Crippen molar-refractivity contribution < 1.29 is 5.11 Å². The number of rotatable bonds is 3. The van der Waals surface area contributed by atoms with E-state index in [9.17, 15) is 0 Å². The molecule has 1 N–H and O–H groups in total. The van der Waals surface area contributed by atoms with Gasteiger partial charge >= 0.3 is 0 Å². The van der Waals surface area contributed by atoms with Gasteiger partial charge in [-0.1, -0.05) is 0 Å². The molecule has 0 bridgehead atoms. The van der Waals surface area contributed by atoms with Crippen LogP contribution in [-0.2, 0) is 0 Å². The van der Waals surface area contributed by atoms with E-state index in [0.29, 0.717) is 12.6 Å². The summed E-state index contributed by atoms with van der Waals surface area (Å²) in [6.07, 6.45) is 4.30. The number of hydrogen-bond acceptors (Lipinski definition) is 2. The highest BCUT2D eigenvalue weighted by Crippen LogP contribution is 2.41. The molecule has 1 aliphatic carbocycles. The van der Waals surface area contributed by atoms with Crippen LogP contribution in [0.25, 0.3) is 0 Å². The Bertz CT molecular complexity index is 156. The number of hydrogen-bond donors (Lipinski definition) is 1. The van der Waals surface area contributed by atoms with Crippen LogP contribution in [0.2, 0.25) is 0 Å². The smallest absolute Gasteiger partial charge is 0.0584 e. The molecule has 2 fully saturated rings. The van der Waals surface area contributed by atoms with Gasteiger partial charge in [-0.25, -0.2) is 0 Å². The molecular weight excluding hydrogens is 150 g/mol. The average Bonchev–Trinajstić information content (AvgIpc) is 2.83. The van der Waals surface area contributed by atoms with Gasteiger partial charge in [-0.05, 0) is 44.6 Å². The van der Waals surface area contributed by atoms with Gasteiger partial charge < -0.3 is 5.11 Å². The van der Waals surface area contributed by atoms with Crippen LogP contribution < -0.4 is 0 Å². The van der Waals surface area contributed by atoms with Crippen LogP contribution in [0.4, 0.5) is 0 Å². The van der Waals surface area contributed by atoms with Gasteiger partial charge in [-0.15, -0.1) is 0 Å². The lowest BCUT2D eigenvalue weighted by Crippen LogP contribution is -2.33. The molecule has 1 saturated carbocycles. The van der Waals surface area contributed by atoms with Gasteiger partial charge in [-0.3, -0.25) is 4.90 Å². The maximum absolute atomic E-state index is 8.99. The van der Waals surface area contributed by atoms with E-state index in [1.165, 1.54) is 32.4 Å². The van der Waals surface area contributed by atoms with Gasteiger partial charge in [-0.2, -0.15) is 0 Å². The van der Waals surface area contributed by atoms with Crippen molar-refractivity contribution in [3.63, 3.8) is 0 Å². The maximum atomic E-state index is 8.99. The first-order valence-electron chi connectivity index (χ1n) is 5.16. The van der Waals surface area contributed by atoms with Crippen molar-refractivity contribution >= 4 is 0 Å². The zero-order valence-electron chi connectivity index (χ0n) is 7.87. The fourth-order valence-electron chi connectivity index (χ4n) is 2.28. The summed E-state index contributed by atoms with van der Waals surface area (Å²) in [6, 6.07) is 0.383. The van der Waals surface area contributed by atoms with Gasteiger partial charge in [0.15, 0.2) is 0 Å². The first kappa shape index (κ1) is 8.52. The van der Waals surface area contributed by atoms with Gasteiger partial charge in [0.25, 0.3) is 0 Å². The first-order chi connectivity index (χ1) is 5.81. The van der Waals surface area contributed by atoms with Gasteiger partial charge in [0.2, 0.25) is 0 Å². The standard InChI is InChI=1S/C10H19NO/c1-8(7-12)11-5-4-10(6-11)9-2-3-9/h8-10,12H,2-7H2,1H3. The Morgan fingerprint density at radius 2 is 2.08 bits per heavy atom. The van der Waals surface area contributed by atoms with Crippen molar-refractivity contribution in [1.82, 2.24) is 4.90 Å². The van der Waals surface area contributed by atoms with Crippen LogP contribution in [0.5, 0.6) is 0 Å². The molecule has 0 radical (unpaired) electrons. The molecule has 0 spiro atoms. The van der Waals surface area contributed by atoms with E-state index in [-0.39, 0.29) is 0 Å². The highest BCUT2D eigenvalue weighted by Gasteiger charge is 2.36. The fourth-order valence-corrected chi connectivity index (χ4v) is 2.28. The average molecular weight is 169 g/mol. The summed E-state index contributed by atoms with van der Waals surface area (Å²) >= 11 is 0. The summed E-state index contributed by atoms with van der Waals surface area (Å²) in [6.45, 7) is 4.89. The van der Waals surface area contributed by atoms with E-state index >= 15 is 0 Å². The van der Waals surface area contributed by atoms with Crippen LogP contribution >= 0.6 is 0 Å². The number of aliphatic hydroxyl groups is 1. The highest BCUT2D eigenvalue weighted by molar-refractivity contribution is 4.89. The lowest BCUT2D eigenvalue weighted by atomic mass is 10.0. The lowest BCUT2D eigenvalue weighted by Gasteiger charge is -2.22. The summed E-state index contributed by atoms with van der Waals surface area (Å²) in [7, 11) is 0. The zero-order chi connectivity index (χ0) is 8.55. The number of nitrogens with zero attached hydrogens (tertiary/aromatic N) is 1. The molecule has 0 aromatic carbocycles. The lowest BCUT2D eigenvalue weighted by molar-refractivity contribution is 0.153. The normalized spacial score (nSPS) is 34.0. The zero-order valence-corrected chi connectivity index (χ0v) is 7.87. The Morgan fingerprint density at radius 3 is 2.67 bits per heavy atom. The molecule has 2 heteroatoms. The summed E-state index contributed by atoms with van der Waals surface area (Å²) in [5.74, 6) is 2.00. The van der Waals surface area contributed by atoms with Crippen molar-refractivity contribution in [3.8, 4) is 0 Å². The fraction of sp³-hybridized carbons (Fsp3) is 1.00. The second kappa shape index (κ2) is 3.35. The molecule has 1 saturated heterocycles. The third-order valence-electron chi connectivity index (χ3n) is 3.43. The Hall–Kier alpha value is -0.0800. The summed E-state index contributed by atoms with van der Waals surface area (Å²) in [5, 5.41) is 8.99. The van der Waals surface area contributed by atoms with Crippen LogP contribution in [0, 0.1) is 11.8 Å². The predicted molar refractivity (Wildman–Crippen MR) is 49.0 cm³/mol. The minimum absolute atomic E-state index is 0.317. The second-order valence-corrected chi connectivity index (χ2v) is 4.41. The summed E-state index contributed by atoms with van der Waals surface area (Å²) in [4.78, 5) is 2.43. The van der Waals surface area contributed by atoms with Crippen molar-refractivity contribution in [2.75, 3.05) is 19.7 Å². The topological polar surface area (TPSA) is 23.5 Å². The third kappa shape index (κ3) is 1.64. The van der Waals surface area contributed by atoms with Gasteiger partial charge in [0.05, 0.1) is 6.61 Å². The Morgan fingerprint density at radius 1 is 1.33 bits per heavy atom.